The minimum atomic E-state index is -0.796. The number of aromatic nitrogens is 4. The average molecular weight is 521 g/mol. The van der Waals surface area contributed by atoms with Crippen molar-refractivity contribution in [2.75, 3.05) is 13.7 Å². The number of benzene rings is 3. The minimum absolute atomic E-state index is 0.0131. The van der Waals surface area contributed by atoms with Crippen LogP contribution in [0, 0.1) is 26.2 Å². The van der Waals surface area contributed by atoms with Gasteiger partial charge in [-0.25, -0.2) is 9.36 Å². The van der Waals surface area contributed by atoms with Gasteiger partial charge in [-0.3, -0.25) is 19.8 Å². The summed E-state index contributed by atoms with van der Waals surface area (Å²) >= 11 is 0. The van der Waals surface area contributed by atoms with Gasteiger partial charge in [0.25, 0.3) is 11.1 Å². The van der Waals surface area contributed by atoms with Gasteiger partial charge in [-0.05, 0) is 44.2 Å². The first-order valence-electron chi connectivity index (χ1n) is 12.4. The highest BCUT2D eigenvalue weighted by atomic mass is 16.5. The molecule has 39 heavy (non-hydrogen) atoms. The molecule has 0 atom stereocenters. The lowest BCUT2D eigenvalue weighted by Gasteiger charge is -2.21. The zero-order valence-corrected chi connectivity index (χ0v) is 21.9. The molecule has 0 saturated carbocycles. The largest absolute Gasteiger partial charge is 0.493 e. The van der Waals surface area contributed by atoms with Gasteiger partial charge in [0.05, 0.1) is 35.5 Å². The molecule has 0 spiro atoms. The molecule has 0 amide bonds. The summed E-state index contributed by atoms with van der Waals surface area (Å²) in [6, 6.07) is 24.0. The molecular weight excluding hydrogens is 492 g/mol. The third kappa shape index (κ3) is 4.55. The Bertz CT molecular complexity index is 1670. The summed E-state index contributed by atoms with van der Waals surface area (Å²) in [5.74, 6) is 2.51. The van der Waals surface area contributed by atoms with Crippen LogP contribution < -0.4 is 20.6 Å². The van der Waals surface area contributed by atoms with Crippen molar-refractivity contribution in [2.24, 2.45) is 0 Å². The Labute approximate surface area is 225 Å². The molecule has 0 unspecified atom stereocenters. The molecular formula is C31H28N4O4. The highest BCUT2D eigenvalue weighted by Crippen LogP contribution is 2.41. The second kappa shape index (κ2) is 10.7. The molecule has 8 nitrogen and oxygen atoms in total. The number of terminal acetylenes is 1. The van der Waals surface area contributed by atoms with E-state index < -0.39 is 5.92 Å². The molecule has 0 aliphatic rings. The summed E-state index contributed by atoms with van der Waals surface area (Å²) in [6.07, 6.45) is 5.52. The Morgan fingerprint density at radius 2 is 1.31 bits per heavy atom. The number of aromatic amines is 2. The predicted octanol–water partition coefficient (Wildman–Crippen LogP) is 4.46. The number of hydrogen-bond donors (Lipinski definition) is 2. The van der Waals surface area contributed by atoms with Gasteiger partial charge >= 0.3 is 0 Å². The molecule has 0 saturated heterocycles. The lowest BCUT2D eigenvalue weighted by Crippen LogP contribution is -2.25. The van der Waals surface area contributed by atoms with Gasteiger partial charge in [-0.15, -0.1) is 6.42 Å². The summed E-state index contributed by atoms with van der Waals surface area (Å²) in [5, 5.41) is 6.40. The van der Waals surface area contributed by atoms with E-state index >= 15 is 0 Å². The lowest BCUT2D eigenvalue weighted by atomic mass is 9.84. The van der Waals surface area contributed by atoms with Gasteiger partial charge in [0.2, 0.25) is 0 Å². The first kappa shape index (κ1) is 25.5. The van der Waals surface area contributed by atoms with Crippen LogP contribution in [-0.4, -0.2) is 33.3 Å². The molecule has 8 heteroatoms. The fourth-order valence-electron chi connectivity index (χ4n) is 4.96. The SMILES string of the molecule is C#CCOc1c(OC)cccc1C(c1c(C)[nH]n(-c2ccccc2)c1=O)c1c(C)[nH]n(-c2ccccc2)c1=O. The number of aryl methyl sites for hydroxylation is 2. The minimum Gasteiger partial charge on any atom is -0.493 e. The Morgan fingerprint density at radius 1 is 0.795 bits per heavy atom. The molecule has 0 bridgehead atoms. The molecule has 2 N–H and O–H groups in total. The number of para-hydroxylation sites is 3. The number of H-pyrrole nitrogens is 2. The molecule has 5 aromatic rings. The van der Waals surface area contributed by atoms with E-state index in [-0.39, 0.29) is 17.7 Å². The number of nitrogens with one attached hydrogen (secondary N) is 2. The van der Waals surface area contributed by atoms with Crippen LogP contribution in [0.3, 0.4) is 0 Å². The zero-order chi connectivity index (χ0) is 27.5. The zero-order valence-electron chi connectivity index (χ0n) is 21.9. The Morgan fingerprint density at radius 3 is 1.77 bits per heavy atom. The number of methoxy groups -OCH3 is 1. The molecule has 0 radical (unpaired) electrons. The third-order valence-electron chi connectivity index (χ3n) is 6.68. The van der Waals surface area contributed by atoms with Crippen molar-refractivity contribution >= 4 is 0 Å². The van der Waals surface area contributed by atoms with Crippen LogP contribution >= 0.6 is 0 Å². The van der Waals surface area contributed by atoms with Gasteiger partial charge in [0.1, 0.15) is 6.61 Å². The monoisotopic (exact) mass is 520 g/mol. The van der Waals surface area contributed by atoms with Crippen LogP contribution in [0.2, 0.25) is 0 Å². The number of rotatable bonds is 8. The molecule has 2 heterocycles. The molecule has 0 aliphatic carbocycles. The predicted molar refractivity (Wildman–Crippen MR) is 151 cm³/mol. The lowest BCUT2D eigenvalue weighted by molar-refractivity contribution is 0.327. The van der Waals surface area contributed by atoms with E-state index in [4.69, 9.17) is 15.9 Å². The summed E-state index contributed by atoms with van der Waals surface area (Å²) in [4.78, 5) is 28.1. The molecule has 2 aromatic heterocycles. The second-order valence-electron chi connectivity index (χ2n) is 9.06. The maximum Gasteiger partial charge on any atom is 0.275 e. The van der Waals surface area contributed by atoms with E-state index in [0.29, 0.717) is 51.0 Å². The smallest absolute Gasteiger partial charge is 0.275 e. The van der Waals surface area contributed by atoms with Crippen molar-refractivity contribution in [3.05, 3.63) is 128 Å². The molecule has 0 aliphatic heterocycles. The number of nitrogens with zero attached hydrogens (tertiary/aromatic N) is 2. The molecule has 3 aromatic carbocycles. The van der Waals surface area contributed by atoms with Crippen LogP contribution in [0.1, 0.15) is 34.0 Å². The van der Waals surface area contributed by atoms with Crippen LogP contribution in [-0.2, 0) is 0 Å². The Balaban J connectivity index is 1.83. The third-order valence-corrected chi connectivity index (χ3v) is 6.68. The van der Waals surface area contributed by atoms with Crippen molar-refractivity contribution in [1.29, 1.82) is 0 Å². The summed E-state index contributed by atoms with van der Waals surface area (Å²) in [6.45, 7) is 3.63. The summed E-state index contributed by atoms with van der Waals surface area (Å²) in [5.41, 5.74) is 3.45. The van der Waals surface area contributed by atoms with Crippen LogP contribution in [0.5, 0.6) is 11.5 Å². The average Bonchev–Trinajstić information content (AvgIpc) is 3.43. The van der Waals surface area contributed by atoms with E-state index in [1.165, 1.54) is 16.5 Å². The van der Waals surface area contributed by atoms with Crippen molar-refractivity contribution in [2.45, 2.75) is 19.8 Å². The quantitative estimate of drug-likeness (QED) is 0.296. The summed E-state index contributed by atoms with van der Waals surface area (Å²) < 4.78 is 14.5. The topological polar surface area (TPSA) is 94.0 Å². The van der Waals surface area contributed by atoms with Crippen LogP contribution in [0.4, 0.5) is 0 Å². The van der Waals surface area contributed by atoms with Gasteiger partial charge in [0.15, 0.2) is 11.5 Å². The molecule has 5 rings (SSSR count). The van der Waals surface area contributed by atoms with Crippen molar-refractivity contribution in [1.82, 2.24) is 19.6 Å². The van der Waals surface area contributed by atoms with Crippen molar-refractivity contribution in [3.63, 3.8) is 0 Å². The van der Waals surface area contributed by atoms with Gasteiger partial charge in [0, 0.05) is 17.0 Å². The fraction of sp³-hybridized carbons (Fsp3) is 0.161. The van der Waals surface area contributed by atoms with E-state index in [0.717, 1.165) is 0 Å². The maximum atomic E-state index is 14.1. The number of ether oxygens (including phenoxy) is 2. The molecule has 0 fully saturated rings. The van der Waals surface area contributed by atoms with Crippen molar-refractivity contribution < 1.29 is 9.47 Å². The second-order valence-corrected chi connectivity index (χ2v) is 9.06. The first-order valence-corrected chi connectivity index (χ1v) is 12.4. The first-order chi connectivity index (χ1) is 19.0. The van der Waals surface area contributed by atoms with E-state index in [1.807, 2.05) is 80.6 Å². The Hall–Kier alpha value is -5.16. The van der Waals surface area contributed by atoms with E-state index in [9.17, 15) is 9.59 Å². The van der Waals surface area contributed by atoms with Crippen LogP contribution in [0.25, 0.3) is 11.4 Å². The molecule has 196 valence electrons. The van der Waals surface area contributed by atoms with Gasteiger partial charge < -0.3 is 9.47 Å². The Kier molecular flexibility index (Phi) is 6.98. The maximum absolute atomic E-state index is 14.1. The summed E-state index contributed by atoms with van der Waals surface area (Å²) in [7, 11) is 1.53. The highest BCUT2D eigenvalue weighted by molar-refractivity contribution is 5.56. The number of hydrogen-bond acceptors (Lipinski definition) is 4. The van der Waals surface area contributed by atoms with Gasteiger partial charge in [-0.1, -0.05) is 54.5 Å². The highest BCUT2D eigenvalue weighted by Gasteiger charge is 2.33. The van der Waals surface area contributed by atoms with E-state index in [2.05, 4.69) is 16.1 Å². The van der Waals surface area contributed by atoms with Crippen LogP contribution in [0.15, 0.2) is 88.5 Å². The fourth-order valence-corrected chi connectivity index (χ4v) is 4.96. The standard InChI is InChI=1S/C31H28N4O4/c1-5-19-39-29-24(17-12-18-25(29)38-4)28(26-20(2)32-34(30(26)36)22-13-8-6-9-14-22)27-21(3)33-35(31(27)37)23-15-10-7-11-16-23/h1,6-18,28,32-33H,19H2,2-4H3. The van der Waals surface area contributed by atoms with Gasteiger partial charge in [-0.2, -0.15) is 0 Å². The van der Waals surface area contributed by atoms with E-state index in [1.54, 1.807) is 12.1 Å². The van der Waals surface area contributed by atoms with Crippen molar-refractivity contribution in [3.8, 4) is 35.2 Å². The normalized spacial score (nSPS) is 10.9.